The molecule has 0 bridgehead atoms. The van der Waals surface area contributed by atoms with Crippen LogP contribution in [-0.4, -0.2) is 30.9 Å². The largest absolute Gasteiger partial charge is 0.383 e. The summed E-state index contributed by atoms with van der Waals surface area (Å²) in [5.74, 6) is 0. The van der Waals surface area contributed by atoms with E-state index >= 15 is 0 Å². The van der Waals surface area contributed by atoms with Gasteiger partial charge in [0.05, 0.1) is 11.5 Å². The van der Waals surface area contributed by atoms with E-state index in [1.807, 2.05) is 20.8 Å². The lowest BCUT2D eigenvalue weighted by molar-refractivity contribution is -0.384. The van der Waals surface area contributed by atoms with E-state index in [0.29, 0.717) is 30.8 Å². The summed E-state index contributed by atoms with van der Waals surface area (Å²) >= 11 is 0. The van der Waals surface area contributed by atoms with Crippen molar-refractivity contribution in [2.45, 2.75) is 27.2 Å². The van der Waals surface area contributed by atoms with Crippen LogP contribution in [-0.2, 0) is 4.74 Å². The minimum Gasteiger partial charge on any atom is -0.383 e. The van der Waals surface area contributed by atoms with Crippen molar-refractivity contribution in [3.63, 3.8) is 0 Å². The molecule has 0 aromatic heterocycles. The minimum atomic E-state index is -0.453. The summed E-state index contributed by atoms with van der Waals surface area (Å²) in [5, 5.41) is 21.7. The zero-order valence-corrected chi connectivity index (χ0v) is 12.5. The van der Waals surface area contributed by atoms with Crippen LogP contribution in [0.3, 0.4) is 0 Å². The van der Waals surface area contributed by atoms with Crippen LogP contribution in [0.5, 0.6) is 0 Å². The molecule has 1 rings (SSSR count). The van der Waals surface area contributed by atoms with E-state index in [4.69, 9.17) is 10.1 Å². The van der Waals surface area contributed by atoms with Crippen LogP contribution in [0.2, 0.25) is 0 Å². The second kappa shape index (κ2) is 9.91. The van der Waals surface area contributed by atoms with Crippen LogP contribution in [0.25, 0.3) is 0 Å². The standard InChI is InChI=1S/C12H17N3O3.C2H6/c1-3-11(13)10-8-9(15(16)17)4-5-12(10)14-6-7-18-2;1-2/h4-5,8,13-14H,3,6-7H2,1-2H3;1-2H3. The highest BCUT2D eigenvalue weighted by Crippen LogP contribution is 2.23. The molecule has 0 spiro atoms. The van der Waals surface area contributed by atoms with Crippen molar-refractivity contribution in [3.8, 4) is 0 Å². The van der Waals surface area contributed by atoms with Crippen LogP contribution in [0.1, 0.15) is 32.8 Å². The lowest BCUT2D eigenvalue weighted by atomic mass is 10.0. The van der Waals surface area contributed by atoms with Gasteiger partial charge in [-0.1, -0.05) is 20.8 Å². The number of anilines is 1. The van der Waals surface area contributed by atoms with Crippen LogP contribution in [0.4, 0.5) is 11.4 Å². The molecule has 0 aliphatic rings. The van der Waals surface area contributed by atoms with Gasteiger partial charge in [-0.3, -0.25) is 10.1 Å². The van der Waals surface area contributed by atoms with Gasteiger partial charge >= 0.3 is 0 Å². The van der Waals surface area contributed by atoms with E-state index in [-0.39, 0.29) is 5.69 Å². The van der Waals surface area contributed by atoms with Crippen molar-refractivity contribution in [1.82, 2.24) is 0 Å². The van der Waals surface area contributed by atoms with E-state index in [0.717, 1.165) is 5.69 Å². The quantitative estimate of drug-likeness (QED) is 0.347. The molecule has 0 saturated heterocycles. The van der Waals surface area contributed by atoms with Crippen molar-refractivity contribution in [1.29, 1.82) is 5.41 Å². The van der Waals surface area contributed by atoms with Gasteiger partial charge in [0.1, 0.15) is 0 Å². The maximum absolute atomic E-state index is 10.7. The number of hydrogen-bond donors (Lipinski definition) is 2. The number of nitro benzene ring substituents is 1. The molecule has 0 saturated carbocycles. The second-order valence-corrected chi connectivity index (χ2v) is 3.74. The molecule has 1 aromatic carbocycles. The lowest BCUT2D eigenvalue weighted by Crippen LogP contribution is -2.11. The van der Waals surface area contributed by atoms with Gasteiger partial charge in [-0.25, -0.2) is 0 Å². The molecule has 0 aliphatic heterocycles. The number of methoxy groups -OCH3 is 1. The average Bonchev–Trinajstić information content (AvgIpc) is 2.48. The first kappa shape index (κ1) is 18.0. The molecule has 2 N–H and O–H groups in total. The SMILES string of the molecule is CC.CCC(=N)c1cc([N+](=O)[O-])ccc1NCCOC. The Kier molecular flexibility index (Phi) is 8.95. The molecule has 112 valence electrons. The summed E-state index contributed by atoms with van der Waals surface area (Å²) in [4.78, 5) is 10.3. The van der Waals surface area contributed by atoms with Crippen LogP contribution in [0.15, 0.2) is 18.2 Å². The molecule has 0 amide bonds. The number of benzene rings is 1. The molecular weight excluding hydrogens is 258 g/mol. The molecule has 0 heterocycles. The third-order valence-electron chi connectivity index (χ3n) is 2.51. The van der Waals surface area contributed by atoms with E-state index in [1.165, 1.54) is 12.1 Å². The normalized spacial score (nSPS) is 9.40. The third kappa shape index (κ3) is 5.36. The van der Waals surface area contributed by atoms with Gasteiger partial charge in [0.15, 0.2) is 0 Å². The Morgan fingerprint density at radius 2 is 2.10 bits per heavy atom. The summed E-state index contributed by atoms with van der Waals surface area (Å²) in [7, 11) is 1.60. The summed E-state index contributed by atoms with van der Waals surface area (Å²) in [5.41, 5.74) is 1.67. The van der Waals surface area contributed by atoms with Gasteiger partial charge in [-0.2, -0.15) is 0 Å². The van der Waals surface area contributed by atoms with Crippen LogP contribution < -0.4 is 5.32 Å². The number of nitro groups is 1. The third-order valence-corrected chi connectivity index (χ3v) is 2.51. The van der Waals surface area contributed by atoms with E-state index in [2.05, 4.69) is 5.32 Å². The lowest BCUT2D eigenvalue weighted by Gasteiger charge is -2.11. The fourth-order valence-corrected chi connectivity index (χ4v) is 1.53. The number of nitrogens with zero attached hydrogens (tertiary/aromatic N) is 1. The number of rotatable bonds is 7. The predicted molar refractivity (Wildman–Crippen MR) is 81.9 cm³/mol. The van der Waals surface area contributed by atoms with Gasteiger partial charge in [-0.05, 0) is 12.5 Å². The van der Waals surface area contributed by atoms with Gasteiger partial charge in [-0.15, -0.1) is 0 Å². The van der Waals surface area contributed by atoms with E-state index in [9.17, 15) is 10.1 Å². The molecule has 0 aliphatic carbocycles. The Balaban J connectivity index is 0.00000172. The van der Waals surface area contributed by atoms with Gasteiger partial charge in [0, 0.05) is 42.7 Å². The first-order chi connectivity index (χ1) is 9.60. The molecule has 1 aromatic rings. The van der Waals surface area contributed by atoms with Crippen LogP contribution in [0, 0.1) is 15.5 Å². The van der Waals surface area contributed by atoms with E-state index in [1.54, 1.807) is 13.2 Å². The zero-order chi connectivity index (χ0) is 15.5. The topological polar surface area (TPSA) is 88.2 Å². The van der Waals surface area contributed by atoms with Gasteiger partial charge < -0.3 is 15.5 Å². The average molecular weight is 281 g/mol. The molecular formula is C14H23N3O3. The maximum atomic E-state index is 10.7. The number of ether oxygens (including phenoxy) is 1. The van der Waals surface area contributed by atoms with Crippen molar-refractivity contribution >= 4 is 17.1 Å². The summed E-state index contributed by atoms with van der Waals surface area (Å²) < 4.78 is 4.93. The molecule has 0 fully saturated rings. The molecule has 0 radical (unpaired) electrons. The Morgan fingerprint density at radius 3 is 2.60 bits per heavy atom. The fraction of sp³-hybridized carbons (Fsp3) is 0.500. The first-order valence-electron chi connectivity index (χ1n) is 6.69. The smallest absolute Gasteiger partial charge is 0.270 e. The van der Waals surface area contributed by atoms with Crippen molar-refractivity contribution < 1.29 is 9.66 Å². The van der Waals surface area contributed by atoms with E-state index < -0.39 is 4.92 Å². The summed E-state index contributed by atoms with van der Waals surface area (Å²) in [6, 6.07) is 4.50. The molecule has 0 unspecified atom stereocenters. The van der Waals surface area contributed by atoms with Crippen molar-refractivity contribution in [3.05, 3.63) is 33.9 Å². The van der Waals surface area contributed by atoms with Crippen molar-refractivity contribution in [2.75, 3.05) is 25.6 Å². The van der Waals surface area contributed by atoms with Crippen molar-refractivity contribution in [2.24, 2.45) is 0 Å². The Labute approximate surface area is 119 Å². The fourth-order valence-electron chi connectivity index (χ4n) is 1.53. The molecule has 0 atom stereocenters. The summed E-state index contributed by atoms with van der Waals surface area (Å²) in [6.07, 6.45) is 0.528. The van der Waals surface area contributed by atoms with Gasteiger partial charge in [0.25, 0.3) is 5.69 Å². The highest BCUT2D eigenvalue weighted by Gasteiger charge is 2.13. The Morgan fingerprint density at radius 1 is 1.45 bits per heavy atom. The highest BCUT2D eigenvalue weighted by atomic mass is 16.6. The monoisotopic (exact) mass is 281 g/mol. The van der Waals surface area contributed by atoms with Crippen LogP contribution >= 0.6 is 0 Å². The summed E-state index contributed by atoms with van der Waals surface area (Å²) in [6.45, 7) is 6.98. The first-order valence-corrected chi connectivity index (χ1v) is 6.69. The Bertz CT molecular complexity index is 447. The predicted octanol–water partition coefficient (Wildman–Crippen LogP) is 3.46. The molecule has 20 heavy (non-hydrogen) atoms. The number of hydrogen-bond acceptors (Lipinski definition) is 5. The number of nitrogens with one attached hydrogen (secondary N) is 2. The molecule has 6 heteroatoms. The second-order valence-electron chi connectivity index (χ2n) is 3.74. The number of non-ortho nitro benzene ring substituents is 1. The Hall–Kier alpha value is -1.95. The van der Waals surface area contributed by atoms with Gasteiger partial charge in [0.2, 0.25) is 0 Å². The maximum Gasteiger partial charge on any atom is 0.270 e. The highest BCUT2D eigenvalue weighted by molar-refractivity contribution is 6.03. The minimum absolute atomic E-state index is 0.000455. The zero-order valence-electron chi connectivity index (χ0n) is 12.5. The molecule has 6 nitrogen and oxygen atoms in total.